The first-order valence-electron chi connectivity index (χ1n) is 10.9. The van der Waals surface area contributed by atoms with Crippen molar-refractivity contribution in [1.82, 2.24) is 24.4 Å². The first kappa shape index (κ1) is 18.5. The van der Waals surface area contributed by atoms with Gasteiger partial charge in [0, 0.05) is 39.1 Å². The van der Waals surface area contributed by atoms with E-state index in [1.165, 1.54) is 32.1 Å². The fraction of sp³-hybridized carbons (Fsp3) is 0.591. The summed E-state index contributed by atoms with van der Waals surface area (Å²) in [6.45, 7) is 7.13. The average molecular weight is 394 g/mol. The van der Waals surface area contributed by atoms with Crippen molar-refractivity contribution in [2.75, 3.05) is 30.4 Å². The Balaban J connectivity index is 1.28. The van der Waals surface area contributed by atoms with Gasteiger partial charge >= 0.3 is 0 Å². The highest BCUT2D eigenvalue weighted by atomic mass is 15.4. The third kappa shape index (κ3) is 3.70. The quantitative estimate of drug-likeness (QED) is 0.809. The number of hydrogen-bond acceptors (Lipinski definition) is 6. The maximum atomic E-state index is 4.77. The zero-order valence-electron chi connectivity index (χ0n) is 17.3. The molecule has 7 nitrogen and oxygen atoms in total. The highest BCUT2D eigenvalue weighted by molar-refractivity contribution is 5.50. The van der Waals surface area contributed by atoms with Gasteiger partial charge in [0.25, 0.3) is 0 Å². The van der Waals surface area contributed by atoms with Crippen LogP contribution in [0.4, 0.5) is 11.8 Å². The van der Waals surface area contributed by atoms with E-state index >= 15 is 0 Å². The number of likely N-dealkylation sites (N-methyl/N-ethyl adjacent to an activating group) is 1. The molecule has 0 bridgehead atoms. The predicted octanol–water partition coefficient (Wildman–Crippen LogP) is 3.58. The molecule has 1 saturated heterocycles. The van der Waals surface area contributed by atoms with Crippen molar-refractivity contribution in [2.45, 2.75) is 57.0 Å². The van der Waals surface area contributed by atoms with E-state index in [0.29, 0.717) is 5.95 Å². The minimum absolute atomic E-state index is 0.116. The molecule has 1 N–H and O–H groups in total. The molecule has 3 fully saturated rings. The van der Waals surface area contributed by atoms with Gasteiger partial charge in [0.05, 0.1) is 17.6 Å². The monoisotopic (exact) mass is 393 g/mol. The number of imidazole rings is 1. The SMILES string of the molecule is C=C1N(C)CCN1c1ccnc(NC2(c3cn(CC4CCCCC4)cn3)CC2)n1. The molecule has 29 heavy (non-hydrogen) atoms. The van der Waals surface area contributed by atoms with E-state index in [2.05, 4.69) is 44.5 Å². The molecule has 0 spiro atoms. The lowest BCUT2D eigenvalue weighted by Crippen LogP contribution is -2.23. The van der Waals surface area contributed by atoms with Gasteiger partial charge in [-0.2, -0.15) is 4.98 Å². The van der Waals surface area contributed by atoms with Crippen molar-refractivity contribution >= 4 is 11.8 Å². The summed E-state index contributed by atoms with van der Waals surface area (Å²) in [4.78, 5) is 18.3. The summed E-state index contributed by atoms with van der Waals surface area (Å²) in [6.07, 6.45) is 15.1. The van der Waals surface area contributed by atoms with Crippen LogP contribution in [0.5, 0.6) is 0 Å². The Morgan fingerprint density at radius 1 is 1.17 bits per heavy atom. The first-order chi connectivity index (χ1) is 14.1. The normalized spacial score (nSPS) is 21.6. The van der Waals surface area contributed by atoms with Crippen LogP contribution < -0.4 is 10.2 Å². The fourth-order valence-corrected chi connectivity index (χ4v) is 4.68. The molecule has 0 radical (unpaired) electrons. The standard InChI is InChI=1S/C22H31N7/c1-17-27(2)12-13-29(17)20-8-11-23-21(25-20)26-22(9-10-22)19-15-28(16-24-19)14-18-6-4-3-5-7-18/h8,11,15-16,18H,1,3-7,9-10,12-14H2,2H3,(H,23,25,26). The number of nitrogens with one attached hydrogen (secondary N) is 1. The highest BCUT2D eigenvalue weighted by Gasteiger charge is 2.47. The van der Waals surface area contributed by atoms with Crippen molar-refractivity contribution in [2.24, 2.45) is 5.92 Å². The molecule has 2 aromatic rings. The van der Waals surface area contributed by atoms with E-state index in [1.54, 1.807) is 0 Å². The van der Waals surface area contributed by atoms with Gasteiger partial charge < -0.3 is 19.7 Å². The second kappa shape index (κ2) is 7.35. The third-order valence-electron chi connectivity index (χ3n) is 6.75. The second-order valence-electron chi connectivity index (χ2n) is 8.89. The molecule has 0 atom stereocenters. The molecule has 2 aliphatic carbocycles. The van der Waals surface area contributed by atoms with Crippen molar-refractivity contribution in [3.05, 3.63) is 42.9 Å². The number of nitrogens with zero attached hydrogens (tertiary/aromatic N) is 6. The van der Waals surface area contributed by atoms with Crippen LogP contribution in [-0.2, 0) is 12.1 Å². The molecule has 0 unspecified atom stereocenters. The largest absolute Gasteiger partial charge is 0.360 e. The molecule has 3 aliphatic rings. The molecule has 2 aromatic heterocycles. The molecule has 5 rings (SSSR count). The lowest BCUT2D eigenvalue weighted by molar-refractivity contribution is 0.319. The predicted molar refractivity (Wildman–Crippen MR) is 114 cm³/mol. The molecule has 7 heteroatoms. The van der Waals surface area contributed by atoms with Gasteiger partial charge in [-0.25, -0.2) is 9.97 Å². The van der Waals surface area contributed by atoms with Crippen molar-refractivity contribution in [3.63, 3.8) is 0 Å². The minimum atomic E-state index is -0.116. The van der Waals surface area contributed by atoms with E-state index in [1.807, 2.05) is 18.6 Å². The van der Waals surface area contributed by atoms with Gasteiger partial charge in [0.1, 0.15) is 11.6 Å². The van der Waals surface area contributed by atoms with Crippen molar-refractivity contribution in [3.8, 4) is 0 Å². The Bertz CT molecular complexity index is 879. The van der Waals surface area contributed by atoms with E-state index in [9.17, 15) is 0 Å². The third-order valence-corrected chi connectivity index (χ3v) is 6.75. The summed E-state index contributed by atoms with van der Waals surface area (Å²) in [6, 6.07) is 1.95. The van der Waals surface area contributed by atoms with Gasteiger partial charge in [-0.1, -0.05) is 25.8 Å². The maximum absolute atomic E-state index is 4.77. The van der Waals surface area contributed by atoms with Crippen LogP contribution in [0.2, 0.25) is 0 Å². The molecule has 1 aliphatic heterocycles. The van der Waals surface area contributed by atoms with Gasteiger partial charge in [0.2, 0.25) is 5.95 Å². The van der Waals surface area contributed by atoms with Crippen LogP contribution in [0, 0.1) is 5.92 Å². The van der Waals surface area contributed by atoms with E-state index in [-0.39, 0.29) is 5.54 Å². The maximum Gasteiger partial charge on any atom is 0.225 e. The Morgan fingerprint density at radius 2 is 2.00 bits per heavy atom. The zero-order valence-corrected chi connectivity index (χ0v) is 17.3. The summed E-state index contributed by atoms with van der Waals surface area (Å²) in [7, 11) is 2.06. The summed E-state index contributed by atoms with van der Waals surface area (Å²) in [5.41, 5.74) is 1.00. The Hall–Kier alpha value is -2.57. The van der Waals surface area contributed by atoms with Crippen LogP contribution in [0.3, 0.4) is 0 Å². The van der Waals surface area contributed by atoms with Crippen LogP contribution in [-0.4, -0.2) is 44.6 Å². The van der Waals surface area contributed by atoms with Crippen molar-refractivity contribution in [1.29, 1.82) is 0 Å². The number of hydrogen-bond donors (Lipinski definition) is 1. The number of aromatic nitrogens is 4. The van der Waals surface area contributed by atoms with Gasteiger partial charge in [0.15, 0.2) is 0 Å². The second-order valence-corrected chi connectivity index (χ2v) is 8.89. The lowest BCUT2D eigenvalue weighted by atomic mass is 9.89. The Morgan fingerprint density at radius 3 is 2.72 bits per heavy atom. The van der Waals surface area contributed by atoms with Gasteiger partial charge in [-0.05, 0) is 37.7 Å². The van der Waals surface area contributed by atoms with Crippen LogP contribution in [0.15, 0.2) is 37.2 Å². The minimum Gasteiger partial charge on any atom is -0.360 e. The van der Waals surface area contributed by atoms with Crippen LogP contribution in [0.25, 0.3) is 0 Å². The number of anilines is 2. The zero-order chi connectivity index (χ0) is 19.8. The summed E-state index contributed by atoms with van der Waals surface area (Å²) >= 11 is 0. The fourth-order valence-electron chi connectivity index (χ4n) is 4.68. The molecule has 0 amide bonds. The van der Waals surface area contributed by atoms with Crippen LogP contribution >= 0.6 is 0 Å². The summed E-state index contributed by atoms with van der Waals surface area (Å²) in [5.74, 6) is 3.36. The van der Waals surface area contributed by atoms with Gasteiger partial charge in [-0.3, -0.25) is 0 Å². The van der Waals surface area contributed by atoms with Crippen LogP contribution in [0.1, 0.15) is 50.6 Å². The highest BCUT2D eigenvalue weighted by Crippen LogP contribution is 2.47. The molecular weight excluding hydrogens is 362 g/mol. The average Bonchev–Trinajstić information content (AvgIpc) is 3.21. The molecule has 2 saturated carbocycles. The van der Waals surface area contributed by atoms with E-state index in [4.69, 9.17) is 9.97 Å². The van der Waals surface area contributed by atoms with Crippen molar-refractivity contribution < 1.29 is 0 Å². The van der Waals surface area contributed by atoms with E-state index < -0.39 is 0 Å². The smallest absolute Gasteiger partial charge is 0.225 e. The lowest BCUT2D eigenvalue weighted by Gasteiger charge is -2.22. The molecule has 0 aromatic carbocycles. The van der Waals surface area contributed by atoms with E-state index in [0.717, 1.165) is 55.7 Å². The van der Waals surface area contributed by atoms with Gasteiger partial charge in [-0.15, -0.1) is 0 Å². The first-order valence-corrected chi connectivity index (χ1v) is 10.9. The number of rotatable bonds is 6. The summed E-state index contributed by atoms with van der Waals surface area (Å²) < 4.78 is 2.29. The Labute approximate surface area is 172 Å². The molecule has 154 valence electrons. The summed E-state index contributed by atoms with van der Waals surface area (Å²) in [5, 5.41) is 3.58. The topological polar surface area (TPSA) is 62.1 Å². The molecule has 3 heterocycles. The Kier molecular flexibility index (Phi) is 4.68. The molecular formula is C22H31N7.